The van der Waals surface area contributed by atoms with E-state index in [0.717, 1.165) is 17.8 Å². The van der Waals surface area contributed by atoms with Crippen molar-refractivity contribution in [2.75, 3.05) is 11.1 Å². The van der Waals surface area contributed by atoms with Crippen molar-refractivity contribution in [1.82, 2.24) is 9.38 Å². The van der Waals surface area contributed by atoms with Crippen LogP contribution in [0, 0.1) is 5.82 Å². The van der Waals surface area contributed by atoms with Crippen molar-refractivity contribution in [3.05, 3.63) is 77.2 Å². The van der Waals surface area contributed by atoms with Crippen LogP contribution in [-0.2, 0) is 6.42 Å². The molecule has 0 aliphatic heterocycles. The summed E-state index contributed by atoms with van der Waals surface area (Å²) < 4.78 is 16.5. The normalized spacial score (nSPS) is 11.1. The third-order valence-corrected chi connectivity index (χ3v) is 4.82. The molecule has 27 heavy (non-hydrogen) atoms. The van der Waals surface area contributed by atoms with E-state index in [0.29, 0.717) is 33.5 Å². The predicted molar refractivity (Wildman–Crippen MR) is 109 cm³/mol. The molecule has 0 saturated carbocycles. The molecule has 0 aliphatic carbocycles. The Morgan fingerprint density at radius 1 is 1.07 bits per heavy atom. The highest BCUT2D eigenvalue weighted by atomic mass is 35.5. The summed E-state index contributed by atoms with van der Waals surface area (Å²) in [5.41, 5.74) is 9.88. The van der Waals surface area contributed by atoms with Crippen LogP contribution in [0.4, 0.5) is 21.6 Å². The van der Waals surface area contributed by atoms with Crippen LogP contribution >= 0.6 is 11.6 Å². The summed E-state index contributed by atoms with van der Waals surface area (Å²) in [4.78, 5) is 4.68. The highest BCUT2D eigenvalue weighted by molar-refractivity contribution is 6.34. The lowest BCUT2D eigenvalue weighted by Crippen LogP contribution is -2.04. The fourth-order valence-corrected chi connectivity index (χ4v) is 3.41. The minimum absolute atomic E-state index is 0.339. The number of halogens is 2. The first-order valence-corrected chi connectivity index (χ1v) is 9.04. The highest BCUT2D eigenvalue weighted by Gasteiger charge is 2.20. The summed E-state index contributed by atoms with van der Waals surface area (Å²) >= 11 is 6.35. The number of hydrogen-bond donors (Lipinski definition) is 2. The number of anilines is 3. The third-order valence-electron chi connectivity index (χ3n) is 4.50. The van der Waals surface area contributed by atoms with Gasteiger partial charge in [-0.15, -0.1) is 0 Å². The molecule has 2 aromatic carbocycles. The van der Waals surface area contributed by atoms with Gasteiger partial charge in [-0.2, -0.15) is 0 Å². The quantitative estimate of drug-likeness (QED) is 0.448. The molecule has 4 aromatic rings. The Labute approximate surface area is 161 Å². The van der Waals surface area contributed by atoms with E-state index in [1.165, 1.54) is 6.07 Å². The molecule has 0 saturated heterocycles. The number of hydrogen-bond acceptors (Lipinski definition) is 3. The molecule has 3 N–H and O–H groups in total. The molecule has 2 heterocycles. The molecule has 0 spiro atoms. The van der Waals surface area contributed by atoms with E-state index < -0.39 is 0 Å². The number of nitrogens with one attached hydrogen (secondary N) is 1. The number of nitrogen functional groups attached to an aromatic ring is 1. The average molecular weight is 381 g/mol. The summed E-state index contributed by atoms with van der Waals surface area (Å²) in [5.74, 6) is 0.293. The molecule has 0 amide bonds. The summed E-state index contributed by atoms with van der Waals surface area (Å²) in [6.07, 6.45) is 0.789. The SMILES string of the molecule is CCc1cccc2nc(-c3ccccc3F)c(Nc3c(N)cccc3Cl)n12. The van der Waals surface area contributed by atoms with Crippen LogP contribution in [0.25, 0.3) is 16.9 Å². The smallest absolute Gasteiger partial charge is 0.143 e. The minimum Gasteiger partial charge on any atom is -0.397 e. The van der Waals surface area contributed by atoms with Crippen LogP contribution < -0.4 is 11.1 Å². The molecular weight excluding hydrogens is 363 g/mol. The molecular formula is C21H18ClFN4. The lowest BCUT2D eigenvalue weighted by Gasteiger charge is -2.14. The van der Waals surface area contributed by atoms with Crippen molar-refractivity contribution >= 4 is 34.4 Å². The molecule has 4 rings (SSSR count). The lowest BCUT2D eigenvalue weighted by atomic mass is 10.1. The Morgan fingerprint density at radius 3 is 2.59 bits per heavy atom. The highest BCUT2D eigenvalue weighted by Crippen LogP contribution is 2.37. The van der Waals surface area contributed by atoms with E-state index in [4.69, 9.17) is 17.3 Å². The van der Waals surface area contributed by atoms with E-state index in [1.54, 1.807) is 36.4 Å². The van der Waals surface area contributed by atoms with Gasteiger partial charge in [0.25, 0.3) is 0 Å². The fraction of sp³-hybridized carbons (Fsp3) is 0.0952. The number of nitrogens with zero attached hydrogens (tertiary/aromatic N) is 2. The monoisotopic (exact) mass is 380 g/mol. The first-order chi connectivity index (χ1) is 13.1. The molecule has 0 unspecified atom stereocenters. The van der Waals surface area contributed by atoms with Crippen molar-refractivity contribution in [3.63, 3.8) is 0 Å². The van der Waals surface area contributed by atoms with Gasteiger partial charge in [-0.1, -0.05) is 42.8 Å². The Morgan fingerprint density at radius 2 is 1.85 bits per heavy atom. The van der Waals surface area contributed by atoms with Gasteiger partial charge < -0.3 is 11.1 Å². The number of rotatable bonds is 4. The van der Waals surface area contributed by atoms with E-state index >= 15 is 0 Å². The number of fused-ring (bicyclic) bond motifs is 1. The molecule has 0 radical (unpaired) electrons. The van der Waals surface area contributed by atoms with Crippen molar-refractivity contribution in [3.8, 4) is 11.3 Å². The summed E-state index contributed by atoms with van der Waals surface area (Å²) in [5, 5.41) is 3.79. The van der Waals surface area contributed by atoms with Gasteiger partial charge in [-0.05, 0) is 42.8 Å². The standard InChI is InChI=1S/C21H18ClFN4/c1-2-13-7-5-12-18-25-19(14-8-3-4-10-16(14)23)21(27(13)18)26-20-15(22)9-6-11-17(20)24/h3-12,26H,2,24H2,1H3. The third kappa shape index (κ3) is 3.00. The second-order valence-corrected chi connectivity index (χ2v) is 6.59. The molecule has 4 nitrogen and oxygen atoms in total. The number of imidazole rings is 1. The fourth-order valence-electron chi connectivity index (χ4n) is 3.18. The Balaban J connectivity index is 2.02. The van der Waals surface area contributed by atoms with Crippen LogP contribution in [0.15, 0.2) is 60.7 Å². The first-order valence-electron chi connectivity index (χ1n) is 8.66. The number of pyridine rings is 1. The molecule has 0 aliphatic rings. The molecule has 0 fully saturated rings. The van der Waals surface area contributed by atoms with Gasteiger partial charge >= 0.3 is 0 Å². The number of nitrogens with two attached hydrogens (primary N) is 1. The number of aryl methyl sites for hydroxylation is 1. The maximum absolute atomic E-state index is 14.5. The molecule has 136 valence electrons. The second kappa shape index (κ2) is 6.93. The Hall–Kier alpha value is -3.05. The van der Waals surface area contributed by atoms with Gasteiger partial charge in [-0.25, -0.2) is 9.37 Å². The Bertz CT molecular complexity index is 1120. The van der Waals surface area contributed by atoms with Gasteiger partial charge in [0.05, 0.1) is 16.4 Å². The van der Waals surface area contributed by atoms with Crippen molar-refractivity contribution in [1.29, 1.82) is 0 Å². The number of aromatic nitrogens is 2. The number of para-hydroxylation sites is 1. The van der Waals surface area contributed by atoms with E-state index in [1.807, 2.05) is 22.6 Å². The van der Waals surface area contributed by atoms with Crippen molar-refractivity contribution in [2.24, 2.45) is 0 Å². The lowest BCUT2D eigenvalue weighted by molar-refractivity contribution is 0.631. The van der Waals surface area contributed by atoms with Gasteiger partial charge in [0, 0.05) is 11.3 Å². The van der Waals surface area contributed by atoms with Crippen molar-refractivity contribution in [2.45, 2.75) is 13.3 Å². The van der Waals surface area contributed by atoms with E-state index in [2.05, 4.69) is 17.2 Å². The van der Waals surface area contributed by atoms with Crippen LogP contribution in [0.2, 0.25) is 5.02 Å². The minimum atomic E-state index is -0.339. The first kappa shape index (κ1) is 17.4. The largest absolute Gasteiger partial charge is 0.397 e. The van der Waals surface area contributed by atoms with E-state index in [-0.39, 0.29) is 5.82 Å². The molecule has 0 atom stereocenters. The predicted octanol–water partition coefficient (Wildman–Crippen LogP) is 5.68. The van der Waals surface area contributed by atoms with Gasteiger partial charge in [-0.3, -0.25) is 4.40 Å². The van der Waals surface area contributed by atoms with Crippen LogP contribution in [0.5, 0.6) is 0 Å². The Kier molecular flexibility index (Phi) is 4.46. The molecule has 6 heteroatoms. The van der Waals surface area contributed by atoms with Crippen LogP contribution in [0.3, 0.4) is 0 Å². The van der Waals surface area contributed by atoms with Gasteiger partial charge in [0.15, 0.2) is 0 Å². The molecule has 2 aromatic heterocycles. The maximum Gasteiger partial charge on any atom is 0.143 e. The number of benzene rings is 2. The van der Waals surface area contributed by atoms with Gasteiger partial charge in [0.1, 0.15) is 23.0 Å². The zero-order valence-electron chi connectivity index (χ0n) is 14.7. The van der Waals surface area contributed by atoms with E-state index in [9.17, 15) is 4.39 Å². The maximum atomic E-state index is 14.5. The van der Waals surface area contributed by atoms with Gasteiger partial charge in [0.2, 0.25) is 0 Å². The average Bonchev–Trinajstić information content (AvgIpc) is 3.03. The van der Waals surface area contributed by atoms with Crippen molar-refractivity contribution < 1.29 is 4.39 Å². The zero-order chi connectivity index (χ0) is 19.0. The van der Waals surface area contributed by atoms with Crippen LogP contribution in [0.1, 0.15) is 12.6 Å². The topological polar surface area (TPSA) is 55.3 Å². The second-order valence-electron chi connectivity index (χ2n) is 6.18. The van der Waals surface area contributed by atoms with Crippen LogP contribution in [-0.4, -0.2) is 9.38 Å². The molecule has 0 bridgehead atoms. The summed E-state index contributed by atoms with van der Waals surface area (Å²) in [6.45, 7) is 2.06. The zero-order valence-corrected chi connectivity index (χ0v) is 15.5. The summed E-state index contributed by atoms with van der Waals surface area (Å²) in [6, 6.07) is 17.7. The summed E-state index contributed by atoms with van der Waals surface area (Å²) in [7, 11) is 0.